The van der Waals surface area contributed by atoms with Gasteiger partial charge in [-0.15, -0.1) is 10.2 Å². The molecule has 0 unspecified atom stereocenters. The second kappa shape index (κ2) is 8.65. The molecule has 1 aliphatic rings. The molecule has 0 radical (unpaired) electrons. The van der Waals surface area contributed by atoms with Crippen LogP contribution < -0.4 is 4.74 Å². The summed E-state index contributed by atoms with van der Waals surface area (Å²) in [6.07, 6.45) is 5.42. The van der Waals surface area contributed by atoms with Crippen molar-refractivity contribution in [1.82, 2.24) is 24.6 Å². The molecule has 156 valence electrons. The molecule has 0 spiro atoms. The topological polar surface area (TPSA) is 73.1 Å². The van der Waals surface area contributed by atoms with E-state index in [4.69, 9.17) is 4.74 Å². The summed E-state index contributed by atoms with van der Waals surface area (Å²) in [7, 11) is 0. The van der Waals surface area contributed by atoms with E-state index in [1.807, 2.05) is 29.2 Å². The van der Waals surface area contributed by atoms with Crippen molar-refractivity contribution in [3.8, 4) is 11.4 Å². The molecule has 3 heterocycles. The fourth-order valence-electron chi connectivity index (χ4n) is 3.77. The summed E-state index contributed by atoms with van der Waals surface area (Å²) in [5, 5.41) is 8.52. The third kappa shape index (κ3) is 4.06. The largest absolute Gasteiger partial charge is 0.486 e. The van der Waals surface area contributed by atoms with Gasteiger partial charge in [0.25, 0.3) is 5.91 Å². The van der Waals surface area contributed by atoms with Gasteiger partial charge >= 0.3 is 0 Å². The minimum atomic E-state index is -0.108. The van der Waals surface area contributed by atoms with Gasteiger partial charge in [0.2, 0.25) is 5.82 Å². The zero-order valence-corrected chi connectivity index (χ0v) is 17.7. The van der Waals surface area contributed by atoms with Gasteiger partial charge in [0.15, 0.2) is 5.82 Å². The molecule has 1 aliphatic heterocycles. The van der Waals surface area contributed by atoms with E-state index in [9.17, 15) is 4.79 Å². The van der Waals surface area contributed by atoms with Crippen LogP contribution >= 0.6 is 0 Å². The van der Waals surface area contributed by atoms with Crippen LogP contribution in [0.5, 0.6) is 5.75 Å². The quantitative estimate of drug-likeness (QED) is 0.620. The SMILES string of the molecule is CC(C)c1ccc(OCc2nnc(C(=O)N3CCC[C@@H]3C)n2-c2cccnc2)cc1. The maximum Gasteiger partial charge on any atom is 0.292 e. The summed E-state index contributed by atoms with van der Waals surface area (Å²) >= 11 is 0. The van der Waals surface area contributed by atoms with E-state index < -0.39 is 0 Å². The summed E-state index contributed by atoms with van der Waals surface area (Å²) in [5.74, 6) is 1.97. The molecule has 1 amide bonds. The second-order valence-corrected chi connectivity index (χ2v) is 7.99. The monoisotopic (exact) mass is 405 g/mol. The first kappa shape index (κ1) is 20.1. The van der Waals surface area contributed by atoms with Crippen LogP contribution in [0.4, 0.5) is 0 Å². The Bertz CT molecular complexity index is 998. The van der Waals surface area contributed by atoms with Crippen molar-refractivity contribution in [1.29, 1.82) is 0 Å². The summed E-state index contributed by atoms with van der Waals surface area (Å²) in [4.78, 5) is 19.2. The van der Waals surface area contributed by atoms with Crippen LogP contribution in [-0.2, 0) is 6.61 Å². The van der Waals surface area contributed by atoms with Gasteiger partial charge in [0, 0.05) is 18.8 Å². The summed E-state index contributed by atoms with van der Waals surface area (Å²) in [6, 6.07) is 12.0. The minimum Gasteiger partial charge on any atom is -0.486 e. The minimum absolute atomic E-state index is 0.108. The molecule has 1 saturated heterocycles. The standard InChI is InChI=1S/C23H27N5O2/c1-16(2)18-8-10-20(11-9-18)30-15-21-25-26-22(23(29)27-13-5-6-17(27)3)28(21)19-7-4-12-24-14-19/h4,7-12,14,16-17H,5-6,13,15H2,1-3H3/t17-/m0/s1. The third-order valence-electron chi connectivity index (χ3n) is 5.55. The van der Waals surface area contributed by atoms with Crippen LogP contribution in [0.15, 0.2) is 48.8 Å². The Hall–Kier alpha value is -3.22. The van der Waals surface area contributed by atoms with E-state index in [2.05, 4.69) is 48.1 Å². The maximum absolute atomic E-state index is 13.2. The lowest BCUT2D eigenvalue weighted by molar-refractivity contribution is 0.0732. The molecule has 7 nitrogen and oxygen atoms in total. The highest BCUT2D eigenvalue weighted by molar-refractivity contribution is 5.91. The molecule has 0 aliphatic carbocycles. The molecule has 0 saturated carbocycles. The van der Waals surface area contributed by atoms with Crippen molar-refractivity contribution >= 4 is 5.91 Å². The smallest absolute Gasteiger partial charge is 0.292 e. The number of carbonyl (C=O) groups is 1. The molecule has 30 heavy (non-hydrogen) atoms. The average molecular weight is 406 g/mol. The first-order valence-corrected chi connectivity index (χ1v) is 10.4. The molecule has 0 bridgehead atoms. The number of nitrogens with zero attached hydrogens (tertiary/aromatic N) is 5. The fourth-order valence-corrected chi connectivity index (χ4v) is 3.77. The highest BCUT2D eigenvalue weighted by atomic mass is 16.5. The van der Waals surface area contributed by atoms with Gasteiger partial charge < -0.3 is 9.64 Å². The number of hydrogen-bond donors (Lipinski definition) is 0. The lowest BCUT2D eigenvalue weighted by Gasteiger charge is -2.21. The lowest BCUT2D eigenvalue weighted by Crippen LogP contribution is -2.35. The highest BCUT2D eigenvalue weighted by Crippen LogP contribution is 2.23. The Kier molecular flexibility index (Phi) is 5.79. The Balaban J connectivity index is 1.61. The zero-order valence-electron chi connectivity index (χ0n) is 17.7. The van der Waals surface area contributed by atoms with Crippen LogP contribution in [0.1, 0.15) is 61.5 Å². The van der Waals surface area contributed by atoms with Crippen molar-refractivity contribution in [3.05, 3.63) is 66.0 Å². The summed E-state index contributed by atoms with van der Waals surface area (Å²) < 4.78 is 7.71. The van der Waals surface area contributed by atoms with Crippen molar-refractivity contribution in [2.75, 3.05) is 6.54 Å². The van der Waals surface area contributed by atoms with Crippen LogP contribution in [0.2, 0.25) is 0 Å². The van der Waals surface area contributed by atoms with Gasteiger partial charge in [-0.05, 0) is 55.5 Å². The normalized spacial score (nSPS) is 16.3. The van der Waals surface area contributed by atoms with Gasteiger partial charge in [0.1, 0.15) is 12.4 Å². The number of hydrogen-bond acceptors (Lipinski definition) is 5. The van der Waals surface area contributed by atoms with E-state index in [1.165, 1.54) is 5.56 Å². The second-order valence-electron chi connectivity index (χ2n) is 7.99. The first-order chi connectivity index (χ1) is 14.5. The number of ether oxygens (including phenoxy) is 1. The predicted octanol–water partition coefficient (Wildman–Crippen LogP) is 3.99. The average Bonchev–Trinajstić information content (AvgIpc) is 3.39. The van der Waals surface area contributed by atoms with Crippen molar-refractivity contribution < 1.29 is 9.53 Å². The van der Waals surface area contributed by atoms with Crippen LogP contribution in [0.3, 0.4) is 0 Å². The van der Waals surface area contributed by atoms with Gasteiger partial charge in [-0.1, -0.05) is 26.0 Å². The molecule has 2 aromatic heterocycles. The van der Waals surface area contributed by atoms with Crippen LogP contribution in [0.25, 0.3) is 5.69 Å². The zero-order chi connectivity index (χ0) is 21.1. The molecule has 1 fully saturated rings. The Morgan fingerprint density at radius 3 is 2.63 bits per heavy atom. The van der Waals surface area contributed by atoms with Gasteiger partial charge in [-0.2, -0.15) is 0 Å². The van der Waals surface area contributed by atoms with Crippen molar-refractivity contribution in [3.63, 3.8) is 0 Å². The Morgan fingerprint density at radius 1 is 1.20 bits per heavy atom. The number of benzene rings is 1. The van der Waals surface area contributed by atoms with Gasteiger partial charge in [-0.3, -0.25) is 14.3 Å². The number of pyridine rings is 1. The van der Waals surface area contributed by atoms with Crippen molar-refractivity contribution in [2.45, 2.75) is 52.2 Å². The predicted molar refractivity (Wildman–Crippen MR) is 114 cm³/mol. The van der Waals surface area contributed by atoms with Gasteiger partial charge in [-0.25, -0.2) is 0 Å². The Labute approximate surface area is 176 Å². The molecule has 3 aromatic rings. The number of rotatable bonds is 6. The molecular formula is C23H27N5O2. The van der Waals surface area contributed by atoms with E-state index >= 15 is 0 Å². The lowest BCUT2D eigenvalue weighted by atomic mass is 10.0. The number of aromatic nitrogens is 4. The fraction of sp³-hybridized carbons (Fsp3) is 0.391. The number of likely N-dealkylation sites (tertiary alicyclic amines) is 1. The van der Waals surface area contributed by atoms with E-state index in [-0.39, 0.29) is 18.6 Å². The number of carbonyl (C=O) groups excluding carboxylic acids is 1. The van der Waals surface area contributed by atoms with E-state index in [0.717, 1.165) is 30.8 Å². The van der Waals surface area contributed by atoms with Crippen LogP contribution in [0, 0.1) is 0 Å². The number of amides is 1. The molecule has 4 rings (SSSR count). The Morgan fingerprint density at radius 2 is 2.00 bits per heavy atom. The third-order valence-corrected chi connectivity index (χ3v) is 5.55. The molecule has 1 aromatic carbocycles. The first-order valence-electron chi connectivity index (χ1n) is 10.4. The maximum atomic E-state index is 13.2. The summed E-state index contributed by atoms with van der Waals surface area (Å²) in [5.41, 5.74) is 2.00. The van der Waals surface area contributed by atoms with E-state index in [1.54, 1.807) is 17.0 Å². The van der Waals surface area contributed by atoms with Crippen molar-refractivity contribution in [2.24, 2.45) is 0 Å². The van der Waals surface area contributed by atoms with Gasteiger partial charge in [0.05, 0.1) is 11.9 Å². The molecule has 7 heteroatoms. The van der Waals surface area contributed by atoms with E-state index in [0.29, 0.717) is 17.6 Å². The molecule has 0 N–H and O–H groups in total. The molecule has 1 atom stereocenters. The summed E-state index contributed by atoms with van der Waals surface area (Å²) in [6.45, 7) is 7.33. The molecular weight excluding hydrogens is 378 g/mol. The highest BCUT2D eigenvalue weighted by Gasteiger charge is 2.31. The van der Waals surface area contributed by atoms with Crippen LogP contribution in [-0.4, -0.2) is 43.1 Å².